The van der Waals surface area contributed by atoms with Gasteiger partial charge in [0.2, 0.25) is 0 Å². The zero-order valence-corrected chi connectivity index (χ0v) is 8.64. The summed E-state index contributed by atoms with van der Waals surface area (Å²) in [5.74, 6) is 0.00481. The van der Waals surface area contributed by atoms with Crippen LogP contribution < -0.4 is 0 Å². The van der Waals surface area contributed by atoms with Gasteiger partial charge in [0, 0.05) is 13.3 Å². The minimum atomic E-state index is 0.00481. The summed E-state index contributed by atoms with van der Waals surface area (Å²) >= 11 is 0. The van der Waals surface area contributed by atoms with Crippen molar-refractivity contribution in [2.75, 3.05) is 7.11 Å². The summed E-state index contributed by atoms with van der Waals surface area (Å²) in [6, 6.07) is 5.19. The Hall–Kier alpha value is -1.88. The van der Waals surface area contributed by atoms with Crippen LogP contribution in [0.15, 0.2) is 29.4 Å². The number of carbonyl (C=O) groups is 1. The normalized spacial score (nSPS) is 9.93. The molecule has 0 fully saturated rings. The fourth-order valence-electron chi connectivity index (χ4n) is 0.763. The van der Waals surface area contributed by atoms with E-state index in [2.05, 4.69) is 9.98 Å². The average molecular weight is 207 g/mol. The van der Waals surface area contributed by atoms with E-state index < -0.39 is 0 Å². The van der Waals surface area contributed by atoms with Gasteiger partial charge < -0.3 is 5.11 Å². The number of carbonyl (C=O) groups excluding carboxylic acids is 1. The maximum Gasteiger partial charge on any atom is 0.171 e. The van der Waals surface area contributed by atoms with E-state index in [0.29, 0.717) is 12.0 Å². The Morgan fingerprint density at radius 2 is 2.20 bits per heavy atom. The number of hydrogen-bond acceptors (Lipinski definition) is 4. The molecule has 1 heterocycles. The Morgan fingerprint density at radius 3 is 2.67 bits per heavy atom. The second-order valence-electron chi connectivity index (χ2n) is 2.43. The largest absolute Gasteiger partial charge is 0.400 e. The van der Waals surface area contributed by atoms with Crippen LogP contribution >= 0.6 is 0 Å². The monoisotopic (exact) mass is 207 g/mol. The Kier molecular flexibility index (Phi) is 6.57. The lowest BCUT2D eigenvalue weighted by Gasteiger charge is -1.95. The van der Waals surface area contributed by atoms with E-state index >= 15 is 0 Å². The highest BCUT2D eigenvalue weighted by molar-refractivity contribution is 6.30. The SMILES string of the molecule is CC(C=O)=NC(=N)c1ccccn1.CO. The quantitative estimate of drug-likeness (QED) is 0.424. The van der Waals surface area contributed by atoms with E-state index in [4.69, 9.17) is 10.5 Å². The molecule has 5 nitrogen and oxygen atoms in total. The fraction of sp³-hybridized carbons (Fsp3) is 0.200. The first kappa shape index (κ1) is 13.1. The lowest BCUT2D eigenvalue weighted by molar-refractivity contribution is -0.102. The molecule has 0 saturated carbocycles. The first-order valence-electron chi connectivity index (χ1n) is 4.19. The number of aliphatic hydroxyl groups excluding tert-OH is 1. The molecule has 0 unspecified atom stereocenters. The summed E-state index contributed by atoms with van der Waals surface area (Å²) in [7, 11) is 1.00. The number of aldehydes is 1. The van der Waals surface area contributed by atoms with Gasteiger partial charge in [-0.15, -0.1) is 0 Å². The molecular formula is C10H13N3O2. The van der Waals surface area contributed by atoms with Crippen molar-refractivity contribution in [1.82, 2.24) is 4.98 Å². The number of nitrogens with zero attached hydrogens (tertiary/aromatic N) is 2. The number of hydrogen-bond donors (Lipinski definition) is 2. The van der Waals surface area contributed by atoms with Gasteiger partial charge in [-0.2, -0.15) is 0 Å². The van der Waals surface area contributed by atoms with Crippen molar-refractivity contribution < 1.29 is 9.90 Å². The number of aliphatic imine (C=N–C) groups is 1. The maximum absolute atomic E-state index is 10.2. The van der Waals surface area contributed by atoms with Crippen LogP contribution in [0.4, 0.5) is 0 Å². The van der Waals surface area contributed by atoms with Crippen LogP contribution in [0, 0.1) is 5.41 Å². The molecule has 0 saturated heterocycles. The molecule has 0 radical (unpaired) electrons. The van der Waals surface area contributed by atoms with Crippen molar-refractivity contribution >= 4 is 17.8 Å². The molecule has 1 rings (SSSR count). The van der Waals surface area contributed by atoms with Crippen LogP contribution in [0.1, 0.15) is 12.6 Å². The maximum atomic E-state index is 10.2. The van der Waals surface area contributed by atoms with E-state index in [0.717, 1.165) is 7.11 Å². The predicted molar refractivity (Wildman–Crippen MR) is 58.4 cm³/mol. The minimum absolute atomic E-state index is 0.00481. The predicted octanol–water partition coefficient (Wildman–Crippen LogP) is 0.675. The average Bonchev–Trinajstić information content (AvgIpc) is 2.32. The van der Waals surface area contributed by atoms with Crippen molar-refractivity contribution in [3.63, 3.8) is 0 Å². The van der Waals surface area contributed by atoms with E-state index in [9.17, 15) is 4.79 Å². The van der Waals surface area contributed by atoms with Gasteiger partial charge in [-0.3, -0.25) is 15.2 Å². The van der Waals surface area contributed by atoms with Gasteiger partial charge in [-0.05, 0) is 19.1 Å². The summed E-state index contributed by atoms with van der Waals surface area (Å²) in [5, 5.41) is 14.5. The van der Waals surface area contributed by atoms with Gasteiger partial charge in [0.1, 0.15) is 5.69 Å². The highest BCUT2D eigenvalue weighted by Crippen LogP contribution is 1.95. The van der Waals surface area contributed by atoms with Crippen molar-refractivity contribution in [3.05, 3.63) is 30.1 Å². The Morgan fingerprint density at radius 1 is 1.53 bits per heavy atom. The zero-order valence-electron chi connectivity index (χ0n) is 8.64. The third kappa shape index (κ3) is 4.78. The Balaban J connectivity index is 0.000000921. The summed E-state index contributed by atoms with van der Waals surface area (Å²) in [6.07, 6.45) is 2.19. The molecule has 0 aliphatic heterocycles. The number of aliphatic hydroxyl groups is 1. The summed E-state index contributed by atoms with van der Waals surface area (Å²) in [5.41, 5.74) is 0.736. The van der Waals surface area contributed by atoms with Crippen LogP contribution in [-0.4, -0.2) is 35.0 Å². The van der Waals surface area contributed by atoms with E-state index in [-0.39, 0.29) is 11.5 Å². The number of amidine groups is 1. The highest BCUT2D eigenvalue weighted by Gasteiger charge is 1.99. The van der Waals surface area contributed by atoms with Crippen molar-refractivity contribution in [2.45, 2.75) is 6.92 Å². The second kappa shape index (κ2) is 7.52. The third-order valence-corrected chi connectivity index (χ3v) is 1.37. The van der Waals surface area contributed by atoms with E-state index in [1.165, 1.54) is 0 Å². The molecule has 5 heteroatoms. The highest BCUT2D eigenvalue weighted by atomic mass is 16.2. The van der Waals surface area contributed by atoms with Gasteiger partial charge in [-0.1, -0.05) is 6.07 Å². The molecule has 15 heavy (non-hydrogen) atoms. The summed E-state index contributed by atoms with van der Waals surface area (Å²) < 4.78 is 0. The van der Waals surface area contributed by atoms with Gasteiger partial charge in [-0.25, -0.2) is 4.99 Å². The first-order chi connectivity index (χ1) is 7.24. The van der Waals surface area contributed by atoms with Gasteiger partial charge >= 0.3 is 0 Å². The van der Waals surface area contributed by atoms with E-state index in [1.54, 1.807) is 31.3 Å². The minimum Gasteiger partial charge on any atom is -0.400 e. The number of pyridine rings is 1. The standard InChI is InChI=1S/C9H9N3O.CH4O/c1-7(6-13)12-9(10)8-4-2-3-5-11-8;1-2/h2-6,10H,1H3;2H,1H3. The molecule has 0 amide bonds. The van der Waals surface area contributed by atoms with Crippen LogP contribution in [0.3, 0.4) is 0 Å². The van der Waals surface area contributed by atoms with Crippen molar-refractivity contribution in [3.8, 4) is 0 Å². The molecule has 0 atom stereocenters. The molecule has 0 bridgehead atoms. The molecular weight excluding hydrogens is 194 g/mol. The first-order valence-corrected chi connectivity index (χ1v) is 4.19. The van der Waals surface area contributed by atoms with Gasteiger partial charge in [0.15, 0.2) is 12.1 Å². The van der Waals surface area contributed by atoms with Crippen LogP contribution in [0.2, 0.25) is 0 Å². The molecule has 80 valence electrons. The van der Waals surface area contributed by atoms with Gasteiger partial charge in [0.25, 0.3) is 0 Å². The van der Waals surface area contributed by atoms with Crippen LogP contribution in [0.5, 0.6) is 0 Å². The molecule has 0 spiro atoms. The molecule has 1 aromatic rings. The molecule has 0 aromatic carbocycles. The fourth-order valence-corrected chi connectivity index (χ4v) is 0.763. The third-order valence-electron chi connectivity index (χ3n) is 1.37. The lowest BCUT2D eigenvalue weighted by Crippen LogP contribution is -2.02. The second-order valence-corrected chi connectivity index (χ2v) is 2.43. The molecule has 1 aromatic heterocycles. The Bertz CT molecular complexity index is 347. The molecule has 0 aliphatic rings. The smallest absolute Gasteiger partial charge is 0.171 e. The van der Waals surface area contributed by atoms with Crippen molar-refractivity contribution in [1.29, 1.82) is 5.41 Å². The summed E-state index contributed by atoms with van der Waals surface area (Å²) in [4.78, 5) is 17.9. The van der Waals surface area contributed by atoms with E-state index in [1.807, 2.05) is 0 Å². The topological polar surface area (TPSA) is 86.4 Å². The van der Waals surface area contributed by atoms with Crippen LogP contribution in [0.25, 0.3) is 0 Å². The van der Waals surface area contributed by atoms with Gasteiger partial charge in [0.05, 0.1) is 5.71 Å². The number of aromatic nitrogens is 1. The summed E-state index contributed by atoms with van der Waals surface area (Å²) in [6.45, 7) is 1.55. The lowest BCUT2D eigenvalue weighted by atomic mass is 10.3. The Labute approximate surface area is 88.0 Å². The van der Waals surface area contributed by atoms with Crippen molar-refractivity contribution in [2.24, 2.45) is 4.99 Å². The number of rotatable bonds is 2. The molecule has 2 N–H and O–H groups in total. The van der Waals surface area contributed by atoms with Crippen LogP contribution in [-0.2, 0) is 4.79 Å². The zero-order chi connectivity index (χ0) is 11.7. The number of nitrogens with one attached hydrogen (secondary N) is 1. The molecule has 0 aliphatic carbocycles.